The number of anilines is 1. The molecule has 0 bridgehead atoms. The van der Waals surface area contributed by atoms with Gasteiger partial charge in [0.15, 0.2) is 5.82 Å². The summed E-state index contributed by atoms with van der Waals surface area (Å²) < 4.78 is 77.2. The largest absolute Gasteiger partial charge is 0.423 e. The second kappa shape index (κ2) is 11.9. The molecule has 4 rings (SSSR count). The number of nitrogens with one attached hydrogen (secondary N) is 1. The van der Waals surface area contributed by atoms with Crippen molar-refractivity contribution in [2.45, 2.75) is 45.3 Å². The van der Waals surface area contributed by atoms with E-state index in [9.17, 15) is 35.9 Å². The monoisotopic (exact) mass is 540 g/mol. The van der Waals surface area contributed by atoms with Crippen LogP contribution in [0.3, 0.4) is 0 Å². The van der Waals surface area contributed by atoms with Gasteiger partial charge in [0, 0.05) is 25.1 Å². The molecule has 0 saturated carbocycles. The molecule has 0 radical (unpaired) electrons. The molecular formula is C24H22F6N6O2. The molecule has 1 aromatic carbocycles. The molecular weight excluding hydrogens is 518 g/mol. The molecule has 0 aliphatic heterocycles. The van der Waals surface area contributed by atoms with Crippen LogP contribution in [0.4, 0.5) is 32.0 Å². The summed E-state index contributed by atoms with van der Waals surface area (Å²) >= 11 is 0. The molecule has 0 fully saturated rings. The number of aryl methyl sites for hydroxylation is 1. The maximum atomic E-state index is 14.5. The van der Waals surface area contributed by atoms with Crippen LogP contribution in [0.25, 0.3) is 22.2 Å². The van der Waals surface area contributed by atoms with Gasteiger partial charge in [-0.1, -0.05) is 19.8 Å². The Hall–Kier alpha value is -4.23. The van der Waals surface area contributed by atoms with Gasteiger partial charge >= 0.3 is 6.18 Å². The van der Waals surface area contributed by atoms with Crippen molar-refractivity contribution >= 4 is 16.5 Å². The lowest BCUT2D eigenvalue weighted by Gasteiger charge is -2.09. The number of unbranched alkanes of at least 4 members (excludes halogenated alkanes) is 2. The lowest BCUT2D eigenvalue weighted by molar-refractivity contribution is -0.138. The Morgan fingerprint density at radius 3 is 2.32 bits per heavy atom. The van der Waals surface area contributed by atoms with Gasteiger partial charge in [0.25, 0.3) is 17.5 Å². The van der Waals surface area contributed by atoms with Gasteiger partial charge in [0.1, 0.15) is 11.4 Å². The molecule has 0 unspecified atom stereocenters. The summed E-state index contributed by atoms with van der Waals surface area (Å²) in [5.41, 5.74) is 0.984. The molecule has 0 aliphatic rings. The highest BCUT2D eigenvalue weighted by molar-refractivity contribution is 5.85. The van der Waals surface area contributed by atoms with Gasteiger partial charge in [-0.15, -0.1) is 0 Å². The van der Waals surface area contributed by atoms with Crippen molar-refractivity contribution in [2.24, 2.45) is 0 Å². The number of alkyl halides is 5. The predicted molar refractivity (Wildman–Crippen MR) is 128 cm³/mol. The standard InChI is InChI=1S/C19H18F3N3O.C5H4F3N3O/c1-2-3-4-6-25-7-5-12-8-15(16(20)9-14(12)19(25)26)18-23-10-13(11-24-18)17(21)22;6-5(7,8)3-2(9)1-10-11-4(3)12/h5,7-11,17H,2-4,6H2,1H3;1H,(H3,9,11,12). The molecule has 38 heavy (non-hydrogen) atoms. The van der Waals surface area contributed by atoms with Gasteiger partial charge < -0.3 is 10.3 Å². The second-order valence-electron chi connectivity index (χ2n) is 8.11. The zero-order valence-electron chi connectivity index (χ0n) is 19.9. The van der Waals surface area contributed by atoms with E-state index >= 15 is 0 Å². The van der Waals surface area contributed by atoms with E-state index in [1.54, 1.807) is 21.9 Å². The Morgan fingerprint density at radius 2 is 1.76 bits per heavy atom. The number of hydrogen-bond donors (Lipinski definition) is 2. The van der Waals surface area contributed by atoms with Crippen LogP contribution in [0.2, 0.25) is 0 Å². The average molecular weight is 540 g/mol. The van der Waals surface area contributed by atoms with E-state index < -0.39 is 35.2 Å². The minimum absolute atomic E-state index is 0.000856. The van der Waals surface area contributed by atoms with E-state index in [4.69, 9.17) is 5.73 Å². The molecule has 0 aliphatic carbocycles. The number of aromatic amines is 1. The zero-order valence-corrected chi connectivity index (χ0v) is 19.9. The van der Waals surface area contributed by atoms with Crippen molar-refractivity contribution in [3.05, 3.63) is 80.6 Å². The fraction of sp³-hybridized carbons (Fsp3) is 0.292. The number of nitrogen functional groups attached to an aromatic ring is 1. The Bertz CT molecular complexity index is 1520. The number of nitrogens with two attached hydrogens (primary N) is 1. The summed E-state index contributed by atoms with van der Waals surface area (Å²) in [6, 6.07) is 4.37. The molecule has 0 atom stereocenters. The first-order valence-corrected chi connectivity index (χ1v) is 11.3. The first-order chi connectivity index (χ1) is 17.9. The molecule has 14 heteroatoms. The quantitative estimate of drug-likeness (QED) is 0.260. The van der Waals surface area contributed by atoms with Crippen LogP contribution in [-0.4, -0.2) is 24.7 Å². The normalized spacial score (nSPS) is 11.5. The Kier molecular flexibility index (Phi) is 8.86. The number of nitrogens with zero attached hydrogens (tertiary/aromatic N) is 4. The van der Waals surface area contributed by atoms with Crippen LogP contribution in [0.5, 0.6) is 0 Å². The minimum Gasteiger partial charge on any atom is -0.397 e. The molecule has 202 valence electrons. The third-order valence-corrected chi connectivity index (χ3v) is 5.40. The van der Waals surface area contributed by atoms with Crippen molar-refractivity contribution in [3.8, 4) is 11.4 Å². The Balaban J connectivity index is 0.000000279. The number of halogens is 6. The topological polar surface area (TPSA) is 120 Å². The predicted octanol–water partition coefficient (Wildman–Crippen LogP) is 5.10. The molecule has 3 N–H and O–H groups in total. The van der Waals surface area contributed by atoms with E-state index in [2.05, 4.69) is 22.0 Å². The fourth-order valence-electron chi connectivity index (χ4n) is 3.48. The summed E-state index contributed by atoms with van der Waals surface area (Å²) in [7, 11) is 0. The highest BCUT2D eigenvalue weighted by atomic mass is 19.4. The third-order valence-electron chi connectivity index (χ3n) is 5.40. The number of benzene rings is 1. The molecule has 3 heterocycles. The van der Waals surface area contributed by atoms with Crippen molar-refractivity contribution < 1.29 is 26.3 Å². The molecule has 8 nitrogen and oxygen atoms in total. The van der Waals surface area contributed by atoms with Gasteiger partial charge in [-0.3, -0.25) is 9.59 Å². The highest BCUT2D eigenvalue weighted by Gasteiger charge is 2.36. The summed E-state index contributed by atoms with van der Waals surface area (Å²) in [6.45, 7) is 2.67. The molecule has 0 saturated heterocycles. The van der Waals surface area contributed by atoms with E-state index in [0.717, 1.165) is 43.9 Å². The van der Waals surface area contributed by atoms with Gasteiger partial charge in [-0.25, -0.2) is 28.2 Å². The maximum absolute atomic E-state index is 14.5. The number of fused-ring (bicyclic) bond motifs is 1. The van der Waals surface area contributed by atoms with Crippen molar-refractivity contribution in [1.82, 2.24) is 24.7 Å². The van der Waals surface area contributed by atoms with E-state index in [0.29, 0.717) is 11.9 Å². The van der Waals surface area contributed by atoms with E-state index in [1.165, 1.54) is 6.07 Å². The zero-order chi connectivity index (χ0) is 28.0. The van der Waals surface area contributed by atoms with Crippen LogP contribution in [-0.2, 0) is 12.7 Å². The minimum atomic E-state index is -4.74. The first-order valence-electron chi connectivity index (χ1n) is 11.3. The lowest BCUT2D eigenvalue weighted by atomic mass is 10.1. The molecule has 0 spiro atoms. The molecule has 4 aromatic rings. The third kappa shape index (κ3) is 6.55. The Morgan fingerprint density at radius 1 is 1.08 bits per heavy atom. The highest BCUT2D eigenvalue weighted by Crippen LogP contribution is 2.29. The van der Waals surface area contributed by atoms with Crippen molar-refractivity contribution in [3.63, 3.8) is 0 Å². The number of aromatic nitrogens is 5. The van der Waals surface area contributed by atoms with Crippen LogP contribution in [0.15, 0.2) is 52.6 Å². The van der Waals surface area contributed by atoms with Gasteiger partial charge in [-0.2, -0.15) is 18.3 Å². The number of H-pyrrole nitrogens is 1. The van der Waals surface area contributed by atoms with Crippen LogP contribution in [0, 0.1) is 5.82 Å². The average Bonchev–Trinajstić information content (AvgIpc) is 2.85. The SMILES string of the molecule is CCCCCn1ccc2cc(-c3ncc(C(F)F)cn3)c(F)cc2c1=O.Nc1cn[nH]c(=O)c1C(F)(F)F. The Labute approximate surface area is 211 Å². The molecule has 3 aromatic heterocycles. The lowest BCUT2D eigenvalue weighted by Crippen LogP contribution is -2.24. The summed E-state index contributed by atoms with van der Waals surface area (Å²) in [5.74, 6) is -0.661. The van der Waals surface area contributed by atoms with Crippen LogP contribution < -0.4 is 16.9 Å². The van der Waals surface area contributed by atoms with Gasteiger partial charge in [0.2, 0.25) is 0 Å². The van der Waals surface area contributed by atoms with Crippen molar-refractivity contribution in [2.75, 3.05) is 5.73 Å². The van der Waals surface area contributed by atoms with Crippen LogP contribution >= 0.6 is 0 Å². The van der Waals surface area contributed by atoms with E-state index in [-0.39, 0.29) is 27.9 Å². The first kappa shape index (κ1) is 28.3. The number of hydrogen-bond acceptors (Lipinski definition) is 6. The van der Waals surface area contributed by atoms with E-state index in [1.807, 2.05) is 0 Å². The fourth-order valence-corrected chi connectivity index (χ4v) is 3.48. The number of rotatable bonds is 6. The van der Waals surface area contributed by atoms with Gasteiger partial charge in [-0.05, 0) is 30.0 Å². The molecule has 0 amide bonds. The second-order valence-corrected chi connectivity index (χ2v) is 8.11. The van der Waals surface area contributed by atoms with Gasteiger partial charge in [0.05, 0.1) is 28.4 Å². The maximum Gasteiger partial charge on any atom is 0.423 e. The summed E-state index contributed by atoms with van der Waals surface area (Å²) in [6.07, 6.45) is -0.101. The summed E-state index contributed by atoms with van der Waals surface area (Å²) in [5, 5.41) is 5.57. The number of pyridine rings is 1. The smallest absolute Gasteiger partial charge is 0.397 e. The van der Waals surface area contributed by atoms with Crippen molar-refractivity contribution in [1.29, 1.82) is 0 Å². The summed E-state index contributed by atoms with van der Waals surface area (Å²) in [4.78, 5) is 30.7. The van der Waals surface area contributed by atoms with Crippen LogP contribution in [0.1, 0.15) is 43.7 Å².